The number of aliphatic imine (C=N–C) groups is 2. The summed E-state index contributed by atoms with van der Waals surface area (Å²) in [5.74, 6) is 1.08. The van der Waals surface area contributed by atoms with Gasteiger partial charge in [-0.05, 0) is 24.4 Å². The molecular weight excluding hydrogens is 326 g/mol. The monoisotopic (exact) mass is 349 g/mol. The number of rotatable bonds is 2. The van der Waals surface area contributed by atoms with Crippen LogP contribution in [-0.2, 0) is 0 Å². The van der Waals surface area contributed by atoms with Crippen molar-refractivity contribution in [1.82, 2.24) is 15.1 Å². The highest BCUT2D eigenvalue weighted by atomic mass is 16.2. The van der Waals surface area contributed by atoms with Crippen LogP contribution in [0.1, 0.15) is 24.2 Å². The van der Waals surface area contributed by atoms with E-state index in [1.807, 2.05) is 47.5 Å². The predicted octanol–water partition coefficient (Wildman–Crippen LogP) is 1.72. The molecule has 1 spiro atoms. The van der Waals surface area contributed by atoms with Crippen molar-refractivity contribution in [3.8, 4) is 0 Å². The average molecular weight is 349 g/mol. The summed E-state index contributed by atoms with van der Waals surface area (Å²) in [6.45, 7) is 6.13. The molecule has 1 aromatic rings. The van der Waals surface area contributed by atoms with Crippen LogP contribution in [0.15, 0.2) is 52.6 Å². The molecular formula is C20H23N5O. The highest BCUT2D eigenvalue weighted by Crippen LogP contribution is 2.70. The molecule has 1 saturated carbocycles. The molecule has 5 rings (SSSR count). The number of hydrogen-bond donors (Lipinski definition) is 1. The van der Waals surface area contributed by atoms with Gasteiger partial charge in [-0.25, -0.2) is 9.98 Å². The number of amidine groups is 1. The summed E-state index contributed by atoms with van der Waals surface area (Å²) in [5, 5.41) is 3.26. The Morgan fingerprint density at radius 3 is 2.46 bits per heavy atom. The third kappa shape index (κ3) is 1.74. The minimum atomic E-state index is -0.474. The molecule has 26 heavy (non-hydrogen) atoms. The number of nitrogens with zero attached hydrogens (tertiary/aromatic N) is 4. The predicted molar refractivity (Wildman–Crippen MR) is 101 cm³/mol. The summed E-state index contributed by atoms with van der Waals surface area (Å²) in [7, 11) is 2.10. The lowest BCUT2D eigenvalue weighted by Crippen LogP contribution is -2.57. The third-order valence-corrected chi connectivity index (χ3v) is 6.91. The van der Waals surface area contributed by atoms with Crippen LogP contribution in [0.25, 0.3) is 0 Å². The molecule has 0 radical (unpaired) electrons. The molecule has 6 heteroatoms. The molecule has 4 aliphatic rings. The highest BCUT2D eigenvalue weighted by Gasteiger charge is 2.77. The SMILES string of the molecule is CN(C1=NC=NC12C=CN2)C1[C@]2(C)CN(C(=O)c3ccccc3)C[C@]12C. The van der Waals surface area contributed by atoms with E-state index < -0.39 is 5.66 Å². The first-order chi connectivity index (χ1) is 12.4. The van der Waals surface area contributed by atoms with Gasteiger partial charge in [0.15, 0.2) is 5.84 Å². The fourth-order valence-electron chi connectivity index (χ4n) is 5.34. The standard InChI is InChI=1S/C20H23N5O/c1-18-11-25(15(26)14-7-5-4-6-8-14)12-19(18,2)16(18)24(3)17-20(9-10-22-20)23-13-21-17/h4-10,13,16,22H,11-12H2,1-3H3/t16?,18-,19+,20?. The van der Waals surface area contributed by atoms with Crippen molar-refractivity contribution in [2.75, 3.05) is 20.1 Å². The van der Waals surface area contributed by atoms with E-state index in [1.165, 1.54) is 0 Å². The smallest absolute Gasteiger partial charge is 0.253 e. The van der Waals surface area contributed by atoms with Crippen LogP contribution in [0.4, 0.5) is 0 Å². The molecule has 1 saturated heterocycles. The molecule has 134 valence electrons. The number of amides is 1. The number of likely N-dealkylation sites (tertiary alicyclic amines) is 1. The maximum absolute atomic E-state index is 12.8. The van der Waals surface area contributed by atoms with E-state index in [0.29, 0.717) is 6.04 Å². The number of carbonyl (C=O) groups is 1. The van der Waals surface area contributed by atoms with Gasteiger partial charge in [-0.15, -0.1) is 0 Å². The van der Waals surface area contributed by atoms with E-state index in [1.54, 1.807) is 6.34 Å². The highest BCUT2D eigenvalue weighted by molar-refractivity contribution is 6.03. The largest absolute Gasteiger partial charge is 0.358 e. The first-order valence-electron chi connectivity index (χ1n) is 9.06. The van der Waals surface area contributed by atoms with E-state index in [4.69, 9.17) is 0 Å². The summed E-state index contributed by atoms with van der Waals surface area (Å²) in [4.78, 5) is 26.1. The van der Waals surface area contributed by atoms with Crippen molar-refractivity contribution in [2.24, 2.45) is 20.8 Å². The Morgan fingerprint density at radius 1 is 1.23 bits per heavy atom. The van der Waals surface area contributed by atoms with Gasteiger partial charge in [0, 0.05) is 42.6 Å². The topological polar surface area (TPSA) is 60.3 Å². The molecule has 0 bridgehead atoms. The second-order valence-corrected chi connectivity index (χ2v) is 8.32. The number of piperidine rings is 1. The fraction of sp³-hybridized carbons (Fsp3) is 0.450. The van der Waals surface area contributed by atoms with Gasteiger partial charge in [0.1, 0.15) is 6.34 Å². The maximum atomic E-state index is 12.8. The van der Waals surface area contributed by atoms with Crippen molar-refractivity contribution >= 4 is 18.1 Å². The van der Waals surface area contributed by atoms with Crippen LogP contribution in [0.2, 0.25) is 0 Å². The first kappa shape index (κ1) is 15.6. The molecule has 3 heterocycles. The van der Waals surface area contributed by atoms with E-state index in [0.717, 1.165) is 24.5 Å². The number of nitrogens with one attached hydrogen (secondary N) is 1. The second-order valence-electron chi connectivity index (χ2n) is 8.32. The number of hydrogen-bond acceptors (Lipinski definition) is 5. The van der Waals surface area contributed by atoms with Gasteiger partial charge in [-0.1, -0.05) is 32.0 Å². The van der Waals surface area contributed by atoms with Crippen LogP contribution < -0.4 is 5.32 Å². The van der Waals surface area contributed by atoms with Gasteiger partial charge in [0.05, 0.1) is 0 Å². The van der Waals surface area contributed by atoms with Gasteiger partial charge in [0.25, 0.3) is 5.91 Å². The van der Waals surface area contributed by atoms with Crippen molar-refractivity contribution < 1.29 is 4.79 Å². The molecule has 6 nitrogen and oxygen atoms in total. The molecule has 1 amide bonds. The van der Waals surface area contributed by atoms with Crippen molar-refractivity contribution in [3.63, 3.8) is 0 Å². The first-order valence-corrected chi connectivity index (χ1v) is 9.06. The molecule has 3 aliphatic heterocycles. The molecule has 1 aliphatic carbocycles. The van der Waals surface area contributed by atoms with Gasteiger partial charge >= 0.3 is 0 Å². The quantitative estimate of drug-likeness (QED) is 0.884. The zero-order chi connectivity index (χ0) is 18.2. The van der Waals surface area contributed by atoms with Crippen molar-refractivity contribution in [2.45, 2.75) is 25.6 Å². The Labute approximate surface area is 153 Å². The number of likely N-dealkylation sites (N-methyl/N-ethyl adjacent to an activating group) is 1. The zero-order valence-corrected chi connectivity index (χ0v) is 15.3. The Morgan fingerprint density at radius 2 is 1.88 bits per heavy atom. The molecule has 0 aromatic heterocycles. The summed E-state index contributed by atoms with van der Waals surface area (Å²) in [5.41, 5.74) is 0.415. The zero-order valence-electron chi connectivity index (χ0n) is 15.3. The summed E-state index contributed by atoms with van der Waals surface area (Å²) in [6, 6.07) is 9.91. The van der Waals surface area contributed by atoms with Gasteiger partial charge in [-0.2, -0.15) is 0 Å². The van der Waals surface area contributed by atoms with Crippen LogP contribution in [0.5, 0.6) is 0 Å². The lowest BCUT2D eigenvalue weighted by molar-refractivity contribution is 0.0743. The molecule has 2 fully saturated rings. The molecule has 1 N–H and O–H groups in total. The fourth-order valence-corrected chi connectivity index (χ4v) is 5.34. The molecule has 2 unspecified atom stereocenters. The lowest BCUT2D eigenvalue weighted by Gasteiger charge is -2.38. The average Bonchev–Trinajstić information content (AvgIpc) is 2.96. The van der Waals surface area contributed by atoms with E-state index in [2.05, 4.69) is 41.1 Å². The summed E-state index contributed by atoms with van der Waals surface area (Å²) >= 11 is 0. The summed E-state index contributed by atoms with van der Waals surface area (Å²) in [6.07, 6.45) is 5.58. The number of fused-ring (bicyclic) bond motifs is 1. The Bertz CT molecular complexity index is 859. The van der Waals surface area contributed by atoms with Crippen LogP contribution >= 0.6 is 0 Å². The normalized spacial score (nSPS) is 38.7. The molecule has 4 atom stereocenters. The number of benzene rings is 1. The second kappa shape index (κ2) is 4.75. The minimum Gasteiger partial charge on any atom is -0.358 e. The Kier molecular flexibility index (Phi) is 2.85. The third-order valence-electron chi connectivity index (χ3n) is 6.91. The van der Waals surface area contributed by atoms with Gasteiger partial charge in [-0.3, -0.25) is 4.79 Å². The molecule has 1 aromatic carbocycles. The minimum absolute atomic E-state index is 0.0615. The van der Waals surface area contributed by atoms with Gasteiger partial charge < -0.3 is 15.1 Å². The van der Waals surface area contributed by atoms with E-state index >= 15 is 0 Å². The Hall–Kier alpha value is -2.63. The van der Waals surface area contributed by atoms with E-state index in [-0.39, 0.29) is 16.7 Å². The van der Waals surface area contributed by atoms with Crippen LogP contribution in [-0.4, -0.2) is 59.7 Å². The lowest BCUT2D eigenvalue weighted by atomic mass is 10.0. The Balaban J connectivity index is 1.35. The van der Waals surface area contributed by atoms with Crippen molar-refractivity contribution in [3.05, 3.63) is 48.2 Å². The van der Waals surface area contributed by atoms with E-state index in [9.17, 15) is 4.79 Å². The van der Waals surface area contributed by atoms with Gasteiger partial charge in [0.2, 0.25) is 5.66 Å². The maximum Gasteiger partial charge on any atom is 0.253 e. The number of carbonyl (C=O) groups excluding carboxylic acids is 1. The van der Waals surface area contributed by atoms with Crippen LogP contribution in [0.3, 0.4) is 0 Å². The van der Waals surface area contributed by atoms with Crippen LogP contribution in [0, 0.1) is 10.8 Å². The summed E-state index contributed by atoms with van der Waals surface area (Å²) < 4.78 is 0. The van der Waals surface area contributed by atoms with Crippen molar-refractivity contribution in [1.29, 1.82) is 0 Å².